The molecule has 0 radical (unpaired) electrons. The Morgan fingerprint density at radius 3 is 2.48 bits per heavy atom. The van der Waals surface area contributed by atoms with Crippen molar-refractivity contribution >= 4 is 23.2 Å². The number of amides is 1. The summed E-state index contributed by atoms with van der Waals surface area (Å²) < 4.78 is 14.3. The van der Waals surface area contributed by atoms with E-state index in [0.717, 1.165) is 5.56 Å². The molecule has 0 atom stereocenters. The molecule has 126 valence electrons. The van der Waals surface area contributed by atoms with E-state index in [1.807, 2.05) is 12.1 Å². The third kappa shape index (κ3) is 3.95. The molecule has 0 unspecified atom stereocenters. The van der Waals surface area contributed by atoms with Gasteiger partial charge in [-0.3, -0.25) is 9.59 Å². The van der Waals surface area contributed by atoms with Crippen LogP contribution in [0.1, 0.15) is 15.9 Å². The van der Waals surface area contributed by atoms with Crippen LogP contribution in [0.5, 0.6) is 0 Å². The van der Waals surface area contributed by atoms with Gasteiger partial charge in [0.25, 0.3) is 11.5 Å². The zero-order valence-corrected chi connectivity index (χ0v) is 13.8. The van der Waals surface area contributed by atoms with Gasteiger partial charge in [-0.05, 0) is 48.0 Å². The molecule has 0 spiro atoms. The minimum Gasteiger partial charge on any atom is -0.322 e. The summed E-state index contributed by atoms with van der Waals surface area (Å²) in [6.07, 6.45) is 1.60. The van der Waals surface area contributed by atoms with Crippen LogP contribution in [0.3, 0.4) is 0 Å². The number of pyridine rings is 1. The molecule has 1 N–H and O–H groups in total. The third-order valence-corrected chi connectivity index (χ3v) is 4.03. The highest BCUT2D eigenvalue weighted by atomic mass is 35.5. The molecule has 0 bridgehead atoms. The lowest BCUT2D eigenvalue weighted by molar-refractivity contribution is 0.102. The number of carbonyl (C=O) groups is 1. The van der Waals surface area contributed by atoms with Crippen LogP contribution in [0.4, 0.5) is 10.1 Å². The Kier molecular flexibility index (Phi) is 4.95. The van der Waals surface area contributed by atoms with Crippen molar-refractivity contribution in [1.29, 1.82) is 0 Å². The summed E-state index contributed by atoms with van der Waals surface area (Å²) in [5.41, 5.74) is 0.760. The molecule has 25 heavy (non-hydrogen) atoms. The lowest BCUT2D eigenvalue weighted by atomic mass is 10.2. The predicted octanol–water partition coefficient (Wildman–Crippen LogP) is 3.94. The van der Waals surface area contributed by atoms with Crippen LogP contribution in [-0.4, -0.2) is 10.5 Å². The van der Waals surface area contributed by atoms with E-state index in [4.69, 9.17) is 11.6 Å². The van der Waals surface area contributed by atoms with Crippen LogP contribution >= 0.6 is 11.6 Å². The molecule has 2 aromatic carbocycles. The van der Waals surface area contributed by atoms with Gasteiger partial charge in [-0.2, -0.15) is 0 Å². The Morgan fingerprint density at radius 2 is 1.76 bits per heavy atom. The number of nitrogens with zero attached hydrogens (tertiary/aromatic N) is 1. The second kappa shape index (κ2) is 7.32. The van der Waals surface area contributed by atoms with Gasteiger partial charge in [0.05, 0.1) is 6.54 Å². The lowest BCUT2D eigenvalue weighted by Crippen LogP contribution is -2.29. The number of halogens is 2. The van der Waals surface area contributed by atoms with E-state index < -0.39 is 17.3 Å². The average Bonchev–Trinajstić information content (AvgIpc) is 2.60. The Bertz CT molecular complexity index is 968. The largest absolute Gasteiger partial charge is 0.322 e. The highest BCUT2D eigenvalue weighted by Crippen LogP contribution is 2.15. The first-order chi connectivity index (χ1) is 12.0. The van der Waals surface area contributed by atoms with Gasteiger partial charge in [-0.1, -0.05) is 29.8 Å². The maximum Gasteiger partial charge on any atom is 0.263 e. The molecule has 4 nitrogen and oxygen atoms in total. The molecule has 0 fully saturated rings. The number of nitrogens with one attached hydrogen (secondary N) is 1. The van der Waals surface area contributed by atoms with Crippen LogP contribution in [0.2, 0.25) is 5.02 Å². The van der Waals surface area contributed by atoms with Crippen molar-refractivity contribution in [2.45, 2.75) is 6.54 Å². The molecule has 3 aromatic rings. The molecular weight excluding hydrogens is 343 g/mol. The van der Waals surface area contributed by atoms with Crippen molar-refractivity contribution in [3.05, 3.63) is 99.2 Å². The van der Waals surface area contributed by atoms with Crippen LogP contribution in [0.15, 0.2) is 71.7 Å². The number of benzene rings is 2. The summed E-state index contributed by atoms with van der Waals surface area (Å²) in [6, 6.07) is 15.6. The fourth-order valence-corrected chi connectivity index (χ4v) is 2.57. The zero-order chi connectivity index (χ0) is 17.8. The quantitative estimate of drug-likeness (QED) is 0.769. The highest BCUT2D eigenvalue weighted by molar-refractivity contribution is 6.31. The van der Waals surface area contributed by atoms with E-state index in [2.05, 4.69) is 5.32 Å². The van der Waals surface area contributed by atoms with Crippen molar-refractivity contribution in [3.8, 4) is 0 Å². The molecule has 1 aromatic heterocycles. The SMILES string of the molecule is O=C(Nc1ccc(F)cc1)c1cccn(Cc2ccccc2Cl)c1=O. The van der Waals surface area contributed by atoms with Crippen LogP contribution in [-0.2, 0) is 6.54 Å². The normalized spacial score (nSPS) is 10.5. The topological polar surface area (TPSA) is 51.1 Å². The summed E-state index contributed by atoms with van der Waals surface area (Å²) in [7, 11) is 0. The molecule has 3 rings (SSSR count). The molecule has 1 amide bonds. The molecular formula is C19H14ClFN2O2. The van der Waals surface area contributed by atoms with Crippen LogP contribution in [0, 0.1) is 5.82 Å². The number of hydrogen-bond donors (Lipinski definition) is 1. The van der Waals surface area contributed by atoms with Gasteiger partial charge in [0.15, 0.2) is 0 Å². The Labute approximate surface area is 148 Å². The lowest BCUT2D eigenvalue weighted by Gasteiger charge is -2.10. The van der Waals surface area contributed by atoms with Crippen LogP contribution < -0.4 is 10.9 Å². The fourth-order valence-electron chi connectivity index (χ4n) is 2.38. The van der Waals surface area contributed by atoms with Crippen molar-refractivity contribution in [3.63, 3.8) is 0 Å². The second-order valence-electron chi connectivity index (χ2n) is 5.41. The predicted molar refractivity (Wildman–Crippen MR) is 95.6 cm³/mol. The number of anilines is 1. The first-order valence-electron chi connectivity index (χ1n) is 7.54. The van der Waals surface area contributed by atoms with Crippen molar-refractivity contribution in [2.24, 2.45) is 0 Å². The third-order valence-electron chi connectivity index (χ3n) is 3.67. The molecule has 0 saturated carbocycles. The molecule has 0 aliphatic heterocycles. The molecule has 0 aliphatic carbocycles. The van der Waals surface area contributed by atoms with E-state index in [9.17, 15) is 14.0 Å². The first kappa shape index (κ1) is 16.9. The minimum absolute atomic E-state index is 0.00104. The standard InChI is InChI=1S/C19H14ClFN2O2/c20-17-6-2-1-4-13(17)12-23-11-3-5-16(19(23)25)18(24)22-15-9-7-14(21)8-10-15/h1-11H,12H2,(H,22,24). The van der Waals surface area contributed by atoms with E-state index in [0.29, 0.717) is 10.7 Å². The van der Waals surface area contributed by atoms with E-state index in [1.165, 1.54) is 34.9 Å². The monoisotopic (exact) mass is 356 g/mol. The maximum atomic E-state index is 12.9. The smallest absolute Gasteiger partial charge is 0.263 e. The summed E-state index contributed by atoms with van der Waals surface area (Å²) >= 11 is 6.12. The average molecular weight is 357 g/mol. The van der Waals surface area contributed by atoms with E-state index >= 15 is 0 Å². The number of aromatic nitrogens is 1. The highest BCUT2D eigenvalue weighted by Gasteiger charge is 2.13. The number of hydrogen-bond acceptors (Lipinski definition) is 2. The van der Waals surface area contributed by atoms with Gasteiger partial charge in [-0.25, -0.2) is 4.39 Å². The summed E-state index contributed by atoms with van der Waals surface area (Å²) in [6.45, 7) is 0.260. The summed E-state index contributed by atoms with van der Waals surface area (Å²) in [4.78, 5) is 24.9. The number of carbonyl (C=O) groups excluding carboxylic acids is 1. The van der Waals surface area contributed by atoms with E-state index in [-0.39, 0.29) is 12.1 Å². The number of rotatable bonds is 4. The Balaban J connectivity index is 1.85. The van der Waals surface area contributed by atoms with Crippen LogP contribution in [0.25, 0.3) is 0 Å². The fraction of sp³-hybridized carbons (Fsp3) is 0.0526. The maximum absolute atomic E-state index is 12.9. The molecule has 6 heteroatoms. The van der Waals surface area contributed by atoms with Gasteiger partial charge in [0.2, 0.25) is 0 Å². The van der Waals surface area contributed by atoms with Crippen molar-refractivity contribution in [1.82, 2.24) is 4.57 Å². The second-order valence-corrected chi connectivity index (χ2v) is 5.81. The van der Waals surface area contributed by atoms with Gasteiger partial charge in [0.1, 0.15) is 11.4 Å². The van der Waals surface area contributed by atoms with Crippen molar-refractivity contribution in [2.75, 3.05) is 5.32 Å². The van der Waals surface area contributed by atoms with Gasteiger partial charge in [-0.15, -0.1) is 0 Å². The van der Waals surface area contributed by atoms with E-state index in [1.54, 1.807) is 24.4 Å². The molecule has 0 saturated heterocycles. The first-order valence-corrected chi connectivity index (χ1v) is 7.92. The summed E-state index contributed by atoms with van der Waals surface area (Å²) in [5, 5.41) is 3.14. The summed E-state index contributed by atoms with van der Waals surface area (Å²) in [5.74, 6) is -0.954. The molecule has 1 heterocycles. The van der Waals surface area contributed by atoms with Gasteiger partial charge < -0.3 is 9.88 Å². The van der Waals surface area contributed by atoms with Gasteiger partial charge >= 0.3 is 0 Å². The Morgan fingerprint density at radius 1 is 1.04 bits per heavy atom. The Hall–Kier alpha value is -2.92. The zero-order valence-electron chi connectivity index (χ0n) is 13.1. The van der Waals surface area contributed by atoms with Crippen molar-refractivity contribution < 1.29 is 9.18 Å². The van der Waals surface area contributed by atoms with Gasteiger partial charge in [0, 0.05) is 16.9 Å². The molecule has 0 aliphatic rings. The minimum atomic E-state index is -0.551.